The molecular weight excluding hydrogens is 418 g/mol. The number of carbonyl (C=O) groups is 3. The Morgan fingerprint density at radius 1 is 1.19 bits per heavy atom. The molecule has 1 aromatic carbocycles. The SMILES string of the molecule is CC(NC(=O)c1ccc(O)c(O)c1)C(=O)N1CCCC1C(=O)SCCc1ccncc1. The van der Waals surface area contributed by atoms with Crippen LogP contribution in [-0.4, -0.2) is 61.4 Å². The monoisotopic (exact) mass is 443 g/mol. The topological polar surface area (TPSA) is 120 Å². The number of aromatic hydroxyl groups is 2. The molecule has 8 nitrogen and oxygen atoms in total. The van der Waals surface area contributed by atoms with E-state index in [1.807, 2.05) is 12.1 Å². The Morgan fingerprint density at radius 2 is 1.94 bits per heavy atom. The third-order valence-corrected chi connectivity index (χ3v) is 6.11. The molecular formula is C22H25N3O5S. The Kier molecular flexibility index (Phi) is 7.51. The van der Waals surface area contributed by atoms with Gasteiger partial charge >= 0.3 is 0 Å². The molecule has 1 fully saturated rings. The van der Waals surface area contributed by atoms with Gasteiger partial charge in [-0.25, -0.2) is 0 Å². The van der Waals surface area contributed by atoms with Crippen LogP contribution in [0, 0.1) is 0 Å². The summed E-state index contributed by atoms with van der Waals surface area (Å²) in [4.78, 5) is 43.5. The summed E-state index contributed by atoms with van der Waals surface area (Å²) in [5, 5.41) is 21.5. The molecule has 1 saturated heterocycles. The predicted molar refractivity (Wildman–Crippen MR) is 117 cm³/mol. The molecule has 3 N–H and O–H groups in total. The molecule has 0 bridgehead atoms. The lowest BCUT2D eigenvalue weighted by molar-refractivity contribution is -0.136. The van der Waals surface area contributed by atoms with E-state index in [0.29, 0.717) is 18.7 Å². The molecule has 0 spiro atoms. The molecule has 31 heavy (non-hydrogen) atoms. The molecule has 2 aromatic rings. The first-order valence-corrected chi connectivity index (χ1v) is 11.0. The molecule has 164 valence electrons. The third kappa shape index (κ3) is 5.75. The summed E-state index contributed by atoms with van der Waals surface area (Å²) in [5.74, 6) is -0.995. The zero-order valence-corrected chi connectivity index (χ0v) is 18.0. The van der Waals surface area contributed by atoms with Gasteiger partial charge in [0.2, 0.25) is 11.0 Å². The maximum absolute atomic E-state index is 12.9. The van der Waals surface area contributed by atoms with Crippen LogP contribution in [0.25, 0.3) is 0 Å². The lowest BCUT2D eigenvalue weighted by Crippen LogP contribution is -2.50. The Hall–Kier alpha value is -3.07. The van der Waals surface area contributed by atoms with Crippen LogP contribution in [0.5, 0.6) is 11.5 Å². The number of amides is 2. The van der Waals surface area contributed by atoms with E-state index >= 15 is 0 Å². The van der Waals surface area contributed by atoms with Crippen LogP contribution in [0.1, 0.15) is 35.7 Å². The van der Waals surface area contributed by atoms with Crippen molar-refractivity contribution in [3.63, 3.8) is 0 Å². The summed E-state index contributed by atoms with van der Waals surface area (Å²) in [6.07, 6.45) is 5.52. The van der Waals surface area contributed by atoms with Crippen molar-refractivity contribution in [3.8, 4) is 11.5 Å². The number of thioether (sulfide) groups is 1. The van der Waals surface area contributed by atoms with E-state index < -0.39 is 23.7 Å². The third-order valence-electron chi connectivity index (χ3n) is 5.15. The van der Waals surface area contributed by atoms with Gasteiger partial charge in [-0.2, -0.15) is 0 Å². The van der Waals surface area contributed by atoms with E-state index in [4.69, 9.17) is 0 Å². The van der Waals surface area contributed by atoms with Crippen molar-refractivity contribution < 1.29 is 24.6 Å². The van der Waals surface area contributed by atoms with Gasteiger partial charge in [0.1, 0.15) is 12.1 Å². The zero-order valence-electron chi connectivity index (χ0n) is 17.2. The highest BCUT2D eigenvalue weighted by atomic mass is 32.2. The molecule has 3 rings (SSSR count). The minimum absolute atomic E-state index is 0.0399. The van der Waals surface area contributed by atoms with Gasteiger partial charge in [-0.15, -0.1) is 0 Å². The van der Waals surface area contributed by atoms with Gasteiger partial charge in [0.25, 0.3) is 5.91 Å². The van der Waals surface area contributed by atoms with Crippen LogP contribution in [0.2, 0.25) is 0 Å². The zero-order chi connectivity index (χ0) is 22.4. The number of phenolic OH excluding ortho intramolecular Hbond substituents is 2. The predicted octanol–water partition coefficient (Wildman–Crippen LogP) is 2.10. The highest BCUT2D eigenvalue weighted by Gasteiger charge is 2.36. The summed E-state index contributed by atoms with van der Waals surface area (Å²) in [6.45, 7) is 2.04. The van der Waals surface area contributed by atoms with Gasteiger partial charge in [0.05, 0.1) is 0 Å². The lowest BCUT2D eigenvalue weighted by atomic mass is 10.1. The first-order valence-electron chi connectivity index (χ1n) is 10.1. The second-order valence-corrected chi connectivity index (χ2v) is 8.46. The number of pyridine rings is 1. The van der Waals surface area contributed by atoms with E-state index in [0.717, 1.165) is 24.5 Å². The molecule has 9 heteroatoms. The Bertz CT molecular complexity index is 953. The lowest BCUT2D eigenvalue weighted by Gasteiger charge is -2.26. The van der Waals surface area contributed by atoms with E-state index in [9.17, 15) is 24.6 Å². The number of aromatic nitrogens is 1. The number of benzene rings is 1. The van der Waals surface area contributed by atoms with E-state index in [1.165, 1.54) is 23.9 Å². The van der Waals surface area contributed by atoms with Crippen molar-refractivity contribution >= 4 is 28.7 Å². The summed E-state index contributed by atoms with van der Waals surface area (Å²) in [5.41, 5.74) is 1.22. The summed E-state index contributed by atoms with van der Waals surface area (Å²) in [6, 6.07) is 6.18. The molecule has 2 amide bonds. The Morgan fingerprint density at radius 3 is 2.65 bits per heavy atom. The highest BCUT2D eigenvalue weighted by molar-refractivity contribution is 8.13. The smallest absolute Gasteiger partial charge is 0.252 e. The normalized spacial score (nSPS) is 16.7. The number of likely N-dealkylation sites (tertiary alicyclic amines) is 1. The Labute approximate surface area is 184 Å². The van der Waals surface area contributed by atoms with Crippen molar-refractivity contribution in [2.75, 3.05) is 12.3 Å². The van der Waals surface area contributed by atoms with E-state index in [2.05, 4.69) is 10.3 Å². The average molecular weight is 444 g/mol. The van der Waals surface area contributed by atoms with Gasteiger partial charge in [-0.05, 0) is 62.1 Å². The second-order valence-electron chi connectivity index (χ2n) is 7.36. The molecule has 1 aromatic heterocycles. The summed E-state index contributed by atoms with van der Waals surface area (Å²) in [7, 11) is 0. The van der Waals surface area contributed by atoms with E-state index in [-0.39, 0.29) is 22.3 Å². The highest BCUT2D eigenvalue weighted by Crippen LogP contribution is 2.26. The maximum atomic E-state index is 12.9. The fraction of sp³-hybridized carbons (Fsp3) is 0.364. The Balaban J connectivity index is 1.54. The average Bonchev–Trinajstić information content (AvgIpc) is 3.25. The molecule has 2 heterocycles. The number of phenols is 2. The number of nitrogens with zero attached hydrogens (tertiary/aromatic N) is 2. The second kappa shape index (κ2) is 10.3. The fourth-order valence-electron chi connectivity index (χ4n) is 3.45. The molecule has 0 saturated carbocycles. The number of nitrogens with one attached hydrogen (secondary N) is 1. The van der Waals surface area contributed by atoms with Gasteiger partial charge in [0.15, 0.2) is 11.5 Å². The van der Waals surface area contributed by atoms with Gasteiger partial charge < -0.3 is 20.4 Å². The van der Waals surface area contributed by atoms with Crippen molar-refractivity contribution in [2.45, 2.75) is 38.3 Å². The van der Waals surface area contributed by atoms with Crippen LogP contribution in [-0.2, 0) is 16.0 Å². The van der Waals surface area contributed by atoms with Crippen molar-refractivity contribution in [3.05, 3.63) is 53.9 Å². The largest absolute Gasteiger partial charge is 0.504 e. The van der Waals surface area contributed by atoms with Crippen molar-refractivity contribution in [2.24, 2.45) is 0 Å². The van der Waals surface area contributed by atoms with Crippen LogP contribution in [0.15, 0.2) is 42.7 Å². The first kappa shape index (κ1) is 22.6. The number of rotatable bonds is 7. The molecule has 2 atom stereocenters. The van der Waals surface area contributed by atoms with Crippen LogP contribution in [0.4, 0.5) is 0 Å². The minimum atomic E-state index is -0.835. The van der Waals surface area contributed by atoms with Crippen LogP contribution >= 0.6 is 11.8 Å². The number of hydrogen-bond acceptors (Lipinski definition) is 7. The van der Waals surface area contributed by atoms with Crippen LogP contribution in [0.3, 0.4) is 0 Å². The number of aryl methyl sites for hydroxylation is 1. The quantitative estimate of drug-likeness (QED) is 0.561. The minimum Gasteiger partial charge on any atom is -0.504 e. The van der Waals surface area contributed by atoms with E-state index in [1.54, 1.807) is 24.2 Å². The van der Waals surface area contributed by atoms with Gasteiger partial charge in [0, 0.05) is 30.3 Å². The molecule has 0 radical (unpaired) electrons. The first-order chi connectivity index (χ1) is 14.9. The summed E-state index contributed by atoms with van der Waals surface area (Å²) < 4.78 is 0. The number of hydrogen-bond donors (Lipinski definition) is 3. The molecule has 0 aliphatic carbocycles. The standard InChI is InChI=1S/C22H25N3O5S/c1-14(24-20(28)16-4-5-18(26)19(27)13-16)21(29)25-11-2-3-17(25)22(30)31-12-8-15-6-9-23-10-7-15/h4-7,9-10,13-14,17,26-27H,2-3,8,11-12H2,1H3,(H,24,28). The molecule has 1 aliphatic rings. The maximum Gasteiger partial charge on any atom is 0.252 e. The molecule has 1 aliphatic heterocycles. The van der Waals surface area contributed by atoms with Crippen molar-refractivity contribution in [1.29, 1.82) is 0 Å². The van der Waals surface area contributed by atoms with Gasteiger partial charge in [-0.1, -0.05) is 11.8 Å². The number of carbonyl (C=O) groups excluding carboxylic acids is 3. The van der Waals surface area contributed by atoms with Crippen LogP contribution < -0.4 is 5.32 Å². The van der Waals surface area contributed by atoms with Gasteiger partial charge in [-0.3, -0.25) is 19.4 Å². The van der Waals surface area contributed by atoms with Crippen molar-refractivity contribution in [1.82, 2.24) is 15.2 Å². The summed E-state index contributed by atoms with van der Waals surface area (Å²) >= 11 is 1.22. The molecule has 2 unspecified atom stereocenters. The fourth-order valence-corrected chi connectivity index (χ4v) is 4.42.